The summed E-state index contributed by atoms with van der Waals surface area (Å²) in [6.07, 6.45) is 7.12. The van der Waals surface area contributed by atoms with E-state index in [1.807, 2.05) is 0 Å². The number of H-pyrrole nitrogens is 1. The Morgan fingerprint density at radius 3 is 2.58 bits per heavy atom. The van der Waals surface area contributed by atoms with Gasteiger partial charge < -0.3 is 5.73 Å². The molecule has 1 aromatic carbocycles. The summed E-state index contributed by atoms with van der Waals surface area (Å²) in [6, 6.07) is 5.34. The van der Waals surface area contributed by atoms with E-state index >= 15 is 4.48 Å². The Kier molecular flexibility index (Phi) is 5.45. The predicted molar refractivity (Wildman–Crippen MR) is 115 cm³/mol. The zero-order valence-corrected chi connectivity index (χ0v) is 18.7. The van der Waals surface area contributed by atoms with Gasteiger partial charge in [-0.2, -0.15) is 10.1 Å². The van der Waals surface area contributed by atoms with Crippen molar-refractivity contribution >= 4 is 51.5 Å². The molecule has 1 aromatic heterocycles. The van der Waals surface area contributed by atoms with Crippen LogP contribution in [0.5, 0.6) is 0 Å². The first-order valence-corrected chi connectivity index (χ1v) is 11.7. The average Bonchev–Trinajstić information content (AvgIpc) is 3.34. The Labute approximate surface area is 191 Å². The number of nitrogens with zero attached hydrogens (tertiary/aromatic N) is 3. The minimum Gasteiger partial charge on any atom is -0.401 e. The van der Waals surface area contributed by atoms with E-state index in [0.717, 1.165) is 6.34 Å². The molecule has 1 aliphatic carbocycles. The first kappa shape index (κ1) is 22.3. The fourth-order valence-electron chi connectivity index (χ4n) is 3.13. The van der Waals surface area contributed by atoms with E-state index in [9.17, 15) is 8.42 Å². The van der Waals surface area contributed by atoms with Gasteiger partial charge in [0.2, 0.25) is 22.0 Å². The second-order valence-electron chi connectivity index (χ2n) is 6.84. The van der Waals surface area contributed by atoms with Gasteiger partial charge in [0.05, 0.1) is 20.6 Å². The molecular weight excluding hydrogens is 490 g/mol. The fourth-order valence-corrected chi connectivity index (χ4v) is 5.16. The highest BCUT2D eigenvalue weighted by Gasteiger charge is 2.58. The maximum atomic E-state index is 15.8. The molecule has 9 nitrogen and oxygen atoms in total. The number of aromatic nitrogens is 2. The number of allylic oxidation sites excluding steroid dienone is 2. The number of rotatable bonds is 5. The Balaban J connectivity index is 1.62. The van der Waals surface area contributed by atoms with Crippen LogP contribution in [0.15, 0.2) is 69.4 Å². The normalized spacial score (nSPS) is 30.8. The lowest BCUT2D eigenvalue weighted by Crippen LogP contribution is -2.42. The van der Waals surface area contributed by atoms with Crippen LogP contribution < -0.4 is 10.9 Å². The molecule has 2 aliphatic rings. The van der Waals surface area contributed by atoms with Gasteiger partial charge in [0.25, 0.3) is 10.7 Å². The molecule has 5 N–H and O–H groups in total. The number of aliphatic imine (C=N–C) groups is 1. The van der Waals surface area contributed by atoms with Crippen molar-refractivity contribution in [2.45, 2.75) is 21.2 Å². The highest BCUT2D eigenvalue weighted by atomic mass is 35.5. The number of aromatic amines is 1. The van der Waals surface area contributed by atoms with Crippen molar-refractivity contribution < 1.29 is 22.0 Å². The number of sulfonamides is 1. The number of benzene rings is 1. The smallest absolute Gasteiger partial charge is 0.276 e. The lowest BCUT2D eigenvalue weighted by molar-refractivity contribution is -1.05. The van der Waals surface area contributed by atoms with E-state index in [4.69, 9.17) is 38.9 Å². The lowest BCUT2D eigenvalue weighted by atomic mass is 9.88. The Morgan fingerprint density at radius 2 is 2.00 bits per heavy atom. The monoisotopic (exact) mass is 505 g/mol. The van der Waals surface area contributed by atoms with Gasteiger partial charge >= 0.3 is 0 Å². The molecule has 4 rings (SSSR count). The highest BCUT2D eigenvalue weighted by molar-refractivity contribution is 7.96. The molecular formula is C17H16Cl2FN6O3S2+. The predicted octanol–water partition coefficient (Wildman–Crippen LogP) is 2.99. The summed E-state index contributed by atoms with van der Waals surface area (Å²) in [5.74, 6) is 0. The molecule has 0 fully saturated rings. The molecule has 0 amide bonds. The molecule has 0 radical (unpaired) electrons. The zero-order chi connectivity index (χ0) is 22.5. The number of nitrogens with one attached hydrogen (secondary N) is 1. The minimum absolute atomic E-state index is 0.0680. The maximum absolute atomic E-state index is 15.8. The van der Waals surface area contributed by atoms with Crippen molar-refractivity contribution in [3.05, 3.63) is 70.7 Å². The van der Waals surface area contributed by atoms with Crippen molar-refractivity contribution in [2.75, 3.05) is 0 Å². The summed E-state index contributed by atoms with van der Waals surface area (Å²) in [5.41, 5.74) is 5.84. The van der Waals surface area contributed by atoms with Gasteiger partial charge in [-0.25, -0.2) is 13.6 Å². The van der Waals surface area contributed by atoms with Crippen molar-refractivity contribution in [1.82, 2.24) is 10.2 Å². The number of alkyl halides is 1. The average molecular weight is 506 g/mol. The molecule has 31 heavy (non-hydrogen) atoms. The molecule has 2 heterocycles. The van der Waals surface area contributed by atoms with Gasteiger partial charge in [-0.05, 0) is 24.3 Å². The summed E-state index contributed by atoms with van der Waals surface area (Å²) >= 11 is 13.1. The molecule has 0 spiro atoms. The van der Waals surface area contributed by atoms with Gasteiger partial charge in [0.15, 0.2) is 5.60 Å². The Hall–Kier alpha value is -1.93. The van der Waals surface area contributed by atoms with Crippen LogP contribution >= 0.6 is 35.1 Å². The van der Waals surface area contributed by atoms with Crippen molar-refractivity contribution in [2.24, 2.45) is 15.9 Å². The van der Waals surface area contributed by atoms with Crippen molar-refractivity contribution in [3.8, 4) is 0 Å². The summed E-state index contributed by atoms with van der Waals surface area (Å²) in [7, 11) is -3.88. The number of halogens is 3. The molecule has 2 aromatic rings. The van der Waals surface area contributed by atoms with Crippen molar-refractivity contribution in [3.63, 3.8) is 0 Å². The maximum Gasteiger partial charge on any atom is 0.276 e. The number of hydroxylamine groups is 1. The number of primary sulfonamides is 1. The molecule has 14 heteroatoms. The third kappa shape index (κ3) is 4.24. The lowest BCUT2D eigenvalue weighted by Gasteiger charge is -2.32. The quantitative estimate of drug-likeness (QED) is 0.247. The fraction of sp³-hybridized carbons (Fsp3) is 0.176. The van der Waals surface area contributed by atoms with E-state index in [1.54, 1.807) is 12.3 Å². The molecule has 0 saturated heterocycles. The van der Waals surface area contributed by atoms with E-state index in [1.165, 1.54) is 36.5 Å². The van der Waals surface area contributed by atoms with Crippen LogP contribution in [0.4, 0.5) is 4.48 Å². The topological polar surface area (TPSA) is 136 Å². The summed E-state index contributed by atoms with van der Waals surface area (Å²) in [5, 5.41) is 12.0. The van der Waals surface area contributed by atoms with Gasteiger partial charge in [0.1, 0.15) is 4.27 Å². The Bertz CT molecular complexity index is 1200. The van der Waals surface area contributed by atoms with E-state index in [0.29, 0.717) is 33.8 Å². The Morgan fingerprint density at radius 1 is 1.29 bits per heavy atom. The number of hydrogen-bond acceptors (Lipinski definition) is 7. The van der Waals surface area contributed by atoms with Crippen LogP contribution in [0.2, 0.25) is 0 Å². The second-order valence-corrected chi connectivity index (χ2v) is 10.8. The van der Waals surface area contributed by atoms with Gasteiger partial charge in [-0.1, -0.05) is 35.3 Å². The van der Waals surface area contributed by atoms with Gasteiger partial charge in [0, 0.05) is 29.4 Å². The molecule has 1 aliphatic heterocycles. The zero-order valence-electron chi connectivity index (χ0n) is 15.6. The van der Waals surface area contributed by atoms with Crippen LogP contribution in [0.3, 0.4) is 0 Å². The summed E-state index contributed by atoms with van der Waals surface area (Å²) in [4.78, 5) is 9.82. The van der Waals surface area contributed by atoms with Crippen LogP contribution in [0.1, 0.15) is 17.5 Å². The largest absolute Gasteiger partial charge is 0.401 e. The molecule has 3 unspecified atom stereocenters. The summed E-state index contributed by atoms with van der Waals surface area (Å²) < 4.78 is 35.4. The first-order chi connectivity index (χ1) is 14.4. The minimum atomic E-state index is -3.88. The second kappa shape index (κ2) is 7.59. The number of quaternary nitrogens is 1. The standard InChI is InChI=1S/C17H16Cl2FN6O3S2/c18-14-5-6-16(7-15(14)21,12-8-24-25-9-12)29-26(20)10-23-17(19,30-26)11-1-3-13(4-2-11)31(22,27)28/h1-6,8-10H,7,21H2,(H,24,25)(H2,22,27,28)/q+1. The van der Waals surface area contributed by atoms with Crippen LogP contribution in [0.25, 0.3) is 0 Å². The molecule has 0 saturated carbocycles. The van der Waals surface area contributed by atoms with E-state index in [2.05, 4.69) is 15.2 Å². The first-order valence-electron chi connectivity index (χ1n) is 8.66. The van der Waals surface area contributed by atoms with Gasteiger partial charge in [-0.15, -0.1) is 4.84 Å². The number of hydrogen-bond donors (Lipinski definition) is 3. The third-order valence-electron chi connectivity index (χ3n) is 4.68. The van der Waals surface area contributed by atoms with Crippen molar-refractivity contribution in [1.29, 1.82) is 0 Å². The van der Waals surface area contributed by atoms with Crippen LogP contribution in [0, 0.1) is 0 Å². The highest BCUT2D eigenvalue weighted by Crippen LogP contribution is 2.54. The number of nitrogens with two attached hydrogens (primary N) is 2. The molecule has 164 valence electrons. The molecule has 0 bridgehead atoms. The van der Waals surface area contributed by atoms with Crippen LogP contribution in [-0.2, 0) is 24.8 Å². The van der Waals surface area contributed by atoms with E-state index < -0.39 is 24.2 Å². The third-order valence-corrected chi connectivity index (χ3v) is 7.50. The van der Waals surface area contributed by atoms with Gasteiger partial charge in [-0.3, -0.25) is 5.10 Å². The SMILES string of the molecule is NC1=C(Cl)C=CC(O[N+]2(F)C=NC(Cl)(c3ccc(S(N)(=O)=O)cc3)S2)(c2cn[nH]c2)C1. The van der Waals surface area contributed by atoms with E-state index in [-0.39, 0.29) is 11.3 Å². The summed E-state index contributed by atoms with van der Waals surface area (Å²) in [6.45, 7) is 0. The van der Waals surface area contributed by atoms with Crippen LogP contribution in [-0.4, -0.2) is 29.2 Å². The molecule has 3 atom stereocenters.